The lowest BCUT2D eigenvalue weighted by atomic mass is 9.97. The summed E-state index contributed by atoms with van der Waals surface area (Å²) in [5.74, 6) is 0. The summed E-state index contributed by atoms with van der Waals surface area (Å²) in [6, 6.07) is 3.15. The molecule has 6 heteroatoms. The number of carbonyl (C=O) groups is 2. The minimum absolute atomic E-state index is 0.383. The third-order valence-electron chi connectivity index (χ3n) is 2.83. The lowest BCUT2D eigenvalue weighted by Gasteiger charge is -2.34. The van der Waals surface area contributed by atoms with E-state index in [1.807, 2.05) is 0 Å². The second-order valence-corrected chi connectivity index (χ2v) is 6.10. The van der Waals surface area contributed by atoms with Gasteiger partial charge in [0.05, 0.1) is 5.69 Å². The fraction of sp³-hybridized carbons (Fsp3) is 0.500. The maximum atomic E-state index is 12.1. The van der Waals surface area contributed by atoms with Gasteiger partial charge < -0.3 is 9.53 Å². The Morgan fingerprint density at radius 3 is 2.45 bits per heavy atom. The number of carbonyl (C=O) groups excluding carboxylic acids is 2. The number of hydrogen-bond donors (Lipinski definition) is 0. The normalized spacial score (nSPS) is 14.3. The predicted octanol–water partition coefficient (Wildman–Crippen LogP) is 3.02. The Morgan fingerprint density at radius 1 is 1.40 bits per heavy atom. The molecule has 20 heavy (non-hydrogen) atoms. The van der Waals surface area contributed by atoms with E-state index in [1.54, 1.807) is 39.8 Å². The average molecular weight is 299 g/mol. The molecule has 0 saturated heterocycles. The van der Waals surface area contributed by atoms with Crippen LogP contribution in [-0.4, -0.2) is 34.9 Å². The molecule has 0 saturated carbocycles. The van der Waals surface area contributed by atoms with Gasteiger partial charge in [0, 0.05) is 18.3 Å². The van der Waals surface area contributed by atoms with Crippen LogP contribution in [0.4, 0.5) is 4.79 Å². The van der Waals surface area contributed by atoms with E-state index in [2.05, 4.69) is 4.98 Å². The molecule has 5 nitrogen and oxygen atoms in total. The van der Waals surface area contributed by atoms with Crippen molar-refractivity contribution in [2.45, 2.75) is 38.8 Å². The summed E-state index contributed by atoms with van der Waals surface area (Å²) in [5.41, 5.74) is -1.50. The average Bonchev–Trinajstić information content (AvgIpc) is 2.34. The molecule has 110 valence electrons. The molecule has 0 spiro atoms. The van der Waals surface area contributed by atoms with Crippen LogP contribution in [0.15, 0.2) is 18.3 Å². The van der Waals surface area contributed by atoms with E-state index in [9.17, 15) is 9.59 Å². The van der Waals surface area contributed by atoms with Crippen molar-refractivity contribution in [1.82, 2.24) is 9.88 Å². The maximum Gasteiger partial charge on any atom is 0.411 e. The van der Waals surface area contributed by atoms with Gasteiger partial charge in [0.15, 0.2) is 6.29 Å². The van der Waals surface area contributed by atoms with Crippen LogP contribution in [-0.2, 0) is 15.1 Å². The highest BCUT2D eigenvalue weighted by Crippen LogP contribution is 2.26. The number of halogens is 1. The molecule has 0 fully saturated rings. The molecule has 0 radical (unpaired) electrons. The second kappa shape index (κ2) is 5.79. The summed E-state index contributed by atoms with van der Waals surface area (Å²) in [7, 11) is 1.49. The van der Waals surface area contributed by atoms with Gasteiger partial charge in [-0.1, -0.05) is 11.6 Å². The minimum atomic E-state index is -1.24. The summed E-state index contributed by atoms with van der Waals surface area (Å²) in [4.78, 5) is 29.0. The molecule has 0 bridgehead atoms. The van der Waals surface area contributed by atoms with Gasteiger partial charge >= 0.3 is 6.09 Å². The van der Waals surface area contributed by atoms with Crippen molar-refractivity contribution in [3.63, 3.8) is 0 Å². The number of amides is 1. The van der Waals surface area contributed by atoms with Gasteiger partial charge in [-0.05, 0) is 39.8 Å². The number of likely N-dealkylation sites (N-methyl/N-ethyl adjacent to an activating group) is 1. The Balaban J connectivity index is 3.10. The van der Waals surface area contributed by atoms with Gasteiger partial charge in [-0.25, -0.2) is 4.79 Å². The molecule has 1 unspecified atom stereocenters. The van der Waals surface area contributed by atoms with Gasteiger partial charge in [0.2, 0.25) is 0 Å². The Hall–Kier alpha value is -1.62. The van der Waals surface area contributed by atoms with Crippen molar-refractivity contribution in [1.29, 1.82) is 0 Å². The molecule has 1 atom stereocenters. The van der Waals surface area contributed by atoms with Crippen molar-refractivity contribution < 1.29 is 14.3 Å². The number of hydrogen-bond acceptors (Lipinski definition) is 4. The molecule has 0 aromatic carbocycles. The van der Waals surface area contributed by atoms with Gasteiger partial charge in [-0.3, -0.25) is 9.88 Å². The van der Waals surface area contributed by atoms with Crippen molar-refractivity contribution in [3.8, 4) is 0 Å². The van der Waals surface area contributed by atoms with Crippen LogP contribution in [0.1, 0.15) is 33.4 Å². The molecule has 1 rings (SSSR count). The van der Waals surface area contributed by atoms with Crippen LogP contribution in [0.2, 0.25) is 5.02 Å². The zero-order valence-corrected chi connectivity index (χ0v) is 13.1. The first-order chi connectivity index (χ1) is 9.10. The maximum absolute atomic E-state index is 12.1. The van der Waals surface area contributed by atoms with E-state index in [1.165, 1.54) is 18.1 Å². The lowest BCUT2D eigenvalue weighted by Crippen LogP contribution is -2.48. The van der Waals surface area contributed by atoms with E-state index in [0.717, 1.165) is 0 Å². The third-order valence-corrected chi connectivity index (χ3v) is 3.07. The highest BCUT2D eigenvalue weighted by molar-refractivity contribution is 6.30. The largest absolute Gasteiger partial charge is 0.444 e. The standard InChI is InChI=1S/C14H19ClN2O3/c1-13(2,3)20-12(19)17(5)14(4,9-18)11-8-10(15)6-7-16-11/h6-9H,1-5H3. The van der Waals surface area contributed by atoms with Crippen LogP contribution < -0.4 is 0 Å². The van der Waals surface area contributed by atoms with Crippen molar-refractivity contribution in [3.05, 3.63) is 29.0 Å². The number of pyridine rings is 1. The quantitative estimate of drug-likeness (QED) is 0.805. The SMILES string of the molecule is CN(C(=O)OC(C)(C)C)C(C)(C=O)c1cc(Cl)ccn1. The third kappa shape index (κ3) is 3.70. The molecular formula is C14H19ClN2O3. The first-order valence-corrected chi connectivity index (χ1v) is 6.53. The van der Waals surface area contributed by atoms with Gasteiger partial charge in [0.25, 0.3) is 0 Å². The fourth-order valence-electron chi connectivity index (χ4n) is 1.51. The van der Waals surface area contributed by atoms with Crippen molar-refractivity contribution in [2.75, 3.05) is 7.05 Å². The topological polar surface area (TPSA) is 59.5 Å². The van der Waals surface area contributed by atoms with Crippen LogP contribution in [0.3, 0.4) is 0 Å². The lowest BCUT2D eigenvalue weighted by molar-refractivity contribution is -0.117. The molecule has 0 N–H and O–H groups in total. The molecule has 1 amide bonds. The smallest absolute Gasteiger partial charge is 0.411 e. The Labute approximate surface area is 123 Å². The molecule has 1 aromatic rings. The number of nitrogens with zero attached hydrogens (tertiary/aromatic N) is 2. The first-order valence-electron chi connectivity index (χ1n) is 6.15. The van der Waals surface area contributed by atoms with Crippen molar-refractivity contribution in [2.24, 2.45) is 0 Å². The second-order valence-electron chi connectivity index (χ2n) is 5.66. The van der Waals surface area contributed by atoms with E-state index in [4.69, 9.17) is 16.3 Å². The summed E-state index contributed by atoms with van der Waals surface area (Å²) in [5, 5.41) is 0.445. The zero-order chi connectivity index (χ0) is 15.6. The van der Waals surface area contributed by atoms with E-state index in [-0.39, 0.29) is 0 Å². The van der Waals surface area contributed by atoms with Crippen LogP contribution >= 0.6 is 11.6 Å². The highest BCUT2D eigenvalue weighted by Gasteiger charge is 2.38. The number of rotatable bonds is 3. The summed E-state index contributed by atoms with van der Waals surface area (Å²) in [6.45, 7) is 6.86. The van der Waals surface area contributed by atoms with Gasteiger partial charge in [-0.15, -0.1) is 0 Å². The van der Waals surface area contributed by atoms with E-state index >= 15 is 0 Å². The minimum Gasteiger partial charge on any atom is -0.444 e. The zero-order valence-electron chi connectivity index (χ0n) is 12.3. The van der Waals surface area contributed by atoms with Crippen LogP contribution in [0.25, 0.3) is 0 Å². The Bertz CT molecular complexity index is 513. The summed E-state index contributed by atoms with van der Waals surface area (Å²) >= 11 is 5.91. The highest BCUT2D eigenvalue weighted by atomic mass is 35.5. The Kier molecular flexibility index (Phi) is 4.76. The molecule has 0 aliphatic rings. The number of aldehydes is 1. The van der Waals surface area contributed by atoms with E-state index in [0.29, 0.717) is 17.0 Å². The molecule has 1 aromatic heterocycles. The monoisotopic (exact) mass is 298 g/mol. The summed E-state index contributed by atoms with van der Waals surface area (Å²) in [6.07, 6.45) is 1.53. The first kappa shape index (κ1) is 16.4. The van der Waals surface area contributed by atoms with Crippen LogP contribution in [0.5, 0.6) is 0 Å². The molecule has 0 aliphatic carbocycles. The predicted molar refractivity (Wildman–Crippen MR) is 76.7 cm³/mol. The Morgan fingerprint density at radius 2 is 2.00 bits per heavy atom. The van der Waals surface area contributed by atoms with Gasteiger partial charge in [0.1, 0.15) is 11.1 Å². The van der Waals surface area contributed by atoms with Crippen LogP contribution in [0, 0.1) is 0 Å². The molecule has 1 heterocycles. The molecule has 0 aliphatic heterocycles. The summed E-state index contributed by atoms with van der Waals surface area (Å²) < 4.78 is 5.27. The van der Waals surface area contributed by atoms with Gasteiger partial charge in [-0.2, -0.15) is 0 Å². The van der Waals surface area contributed by atoms with E-state index < -0.39 is 17.2 Å². The number of ether oxygens (including phenoxy) is 1. The molecular weight excluding hydrogens is 280 g/mol. The fourth-order valence-corrected chi connectivity index (χ4v) is 1.67. The number of aromatic nitrogens is 1. The van der Waals surface area contributed by atoms with Crippen molar-refractivity contribution >= 4 is 24.0 Å².